The van der Waals surface area contributed by atoms with Crippen molar-refractivity contribution in [2.75, 3.05) is 17.1 Å². The molecule has 1 N–H and O–H groups in total. The number of hydrogen-bond acceptors (Lipinski definition) is 4. The highest BCUT2D eigenvalue weighted by Gasteiger charge is 2.31. The first-order chi connectivity index (χ1) is 15.6. The van der Waals surface area contributed by atoms with Gasteiger partial charge in [-0.2, -0.15) is 0 Å². The lowest BCUT2D eigenvalue weighted by Crippen LogP contribution is -2.54. The van der Waals surface area contributed by atoms with Gasteiger partial charge in [0.15, 0.2) is 0 Å². The summed E-state index contributed by atoms with van der Waals surface area (Å²) in [7, 11) is -3.81. The SMILES string of the molecule is Cc1cc(N(CC(=O)N(Cc2ccc(F)cc2)[C@H](C)C(=O)NC(C)(C)C)S(C)(=O)=O)ccc1Br. The van der Waals surface area contributed by atoms with Crippen molar-refractivity contribution in [1.29, 1.82) is 0 Å². The average molecular weight is 556 g/mol. The molecular weight excluding hydrogens is 525 g/mol. The molecule has 2 rings (SSSR count). The van der Waals surface area contributed by atoms with Gasteiger partial charge in [0.05, 0.1) is 11.9 Å². The Labute approximate surface area is 209 Å². The lowest BCUT2D eigenvalue weighted by molar-refractivity contribution is -0.140. The van der Waals surface area contributed by atoms with Crippen LogP contribution in [-0.2, 0) is 26.2 Å². The Morgan fingerprint density at radius 1 is 1.12 bits per heavy atom. The summed E-state index contributed by atoms with van der Waals surface area (Å²) in [6, 6.07) is 9.67. The second-order valence-electron chi connectivity index (χ2n) is 9.27. The van der Waals surface area contributed by atoms with Gasteiger partial charge in [-0.25, -0.2) is 12.8 Å². The highest BCUT2D eigenvalue weighted by molar-refractivity contribution is 9.10. The Morgan fingerprint density at radius 3 is 2.21 bits per heavy atom. The van der Waals surface area contributed by atoms with Crippen molar-refractivity contribution in [1.82, 2.24) is 10.2 Å². The van der Waals surface area contributed by atoms with E-state index in [0.29, 0.717) is 11.3 Å². The van der Waals surface area contributed by atoms with E-state index in [1.807, 2.05) is 27.7 Å². The Hall–Kier alpha value is -2.46. The molecule has 0 aliphatic heterocycles. The molecule has 186 valence electrons. The summed E-state index contributed by atoms with van der Waals surface area (Å²) in [5.41, 5.74) is 1.23. The molecule has 10 heteroatoms. The van der Waals surface area contributed by atoms with Gasteiger partial charge in [0.1, 0.15) is 18.4 Å². The molecule has 34 heavy (non-hydrogen) atoms. The molecule has 0 aliphatic carbocycles. The van der Waals surface area contributed by atoms with E-state index in [0.717, 1.165) is 20.6 Å². The van der Waals surface area contributed by atoms with Crippen molar-refractivity contribution in [3.8, 4) is 0 Å². The number of nitrogens with zero attached hydrogens (tertiary/aromatic N) is 2. The van der Waals surface area contributed by atoms with Gasteiger partial charge in [0.25, 0.3) is 0 Å². The summed E-state index contributed by atoms with van der Waals surface area (Å²) < 4.78 is 40.4. The summed E-state index contributed by atoms with van der Waals surface area (Å²) in [5, 5.41) is 2.85. The number of benzene rings is 2. The molecule has 1 atom stereocenters. The van der Waals surface area contributed by atoms with Gasteiger partial charge in [-0.05, 0) is 76.1 Å². The van der Waals surface area contributed by atoms with Crippen molar-refractivity contribution in [3.63, 3.8) is 0 Å². The largest absolute Gasteiger partial charge is 0.350 e. The molecular formula is C24H31BrFN3O4S. The molecule has 0 saturated carbocycles. The van der Waals surface area contributed by atoms with Crippen molar-refractivity contribution >= 4 is 43.5 Å². The zero-order chi connectivity index (χ0) is 25.8. The number of aryl methyl sites for hydroxylation is 1. The van der Waals surface area contributed by atoms with Crippen LogP contribution < -0.4 is 9.62 Å². The van der Waals surface area contributed by atoms with E-state index in [1.54, 1.807) is 25.1 Å². The lowest BCUT2D eigenvalue weighted by Gasteiger charge is -2.33. The number of nitrogens with one attached hydrogen (secondary N) is 1. The Balaban J connectivity index is 2.41. The number of sulfonamides is 1. The maximum Gasteiger partial charge on any atom is 0.244 e. The van der Waals surface area contributed by atoms with Crippen LogP contribution in [0.15, 0.2) is 46.9 Å². The second-order valence-corrected chi connectivity index (χ2v) is 12.0. The molecule has 0 unspecified atom stereocenters. The van der Waals surface area contributed by atoms with Crippen molar-refractivity contribution < 1.29 is 22.4 Å². The minimum absolute atomic E-state index is 0.00874. The molecule has 0 fully saturated rings. The van der Waals surface area contributed by atoms with Gasteiger partial charge in [-0.15, -0.1) is 0 Å². The predicted octanol–water partition coefficient (Wildman–Crippen LogP) is 3.99. The van der Waals surface area contributed by atoms with E-state index in [2.05, 4.69) is 21.2 Å². The number of carbonyl (C=O) groups excluding carboxylic acids is 2. The van der Waals surface area contributed by atoms with Gasteiger partial charge in [0, 0.05) is 16.6 Å². The summed E-state index contributed by atoms with van der Waals surface area (Å²) in [4.78, 5) is 27.7. The summed E-state index contributed by atoms with van der Waals surface area (Å²) in [6.07, 6.45) is 1.03. The first-order valence-corrected chi connectivity index (χ1v) is 13.3. The van der Waals surface area contributed by atoms with E-state index >= 15 is 0 Å². The number of hydrogen-bond donors (Lipinski definition) is 1. The molecule has 2 aromatic carbocycles. The number of rotatable bonds is 8. The second kappa shape index (κ2) is 10.9. The molecule has 0 saturated heterocycles. The molecule has 0 heterocycles. The monoisotopic (exact) mass is 555 g/mol. The molecule has 0 bridgehead atoms. The zero-order valence-electron chi connectivity index (χ0n) is 20.2. The molecule has 0 aliphatic rings. The van der Waals surface area contributed by atoms with E-state index in [-0.39, 0.29) is 12.5 Å². The Morgan fingerprint density at radius 2 is 1.71 bits per heavy atom. The van der Waals surface area contributed by atoms with Crippen LogP contribution in [0.3, 0.4) is 0 Å². The van der Waals surface area contributed by atoms with Gasteiger partial charge in [-0.3, -0.25) is 13.9 Å². The third-order valence-electron chi connectivity index (χ3n) is 5.04. The molecule has 0 radical (unpaired) electrons. The fourth-order valence-electron chi connectivity index (χ4n) is 3.24. The first kappa shape index (κ1) is 27.8. The standard InChI is InChI=1S/C24H31BrFN3O4S/c1-16-13-20(11-12-21(16)25)29(34(6,32)33)15-22(30)28(14-18-7-9-19(26)10-8-18)17(2)23(31)27-24(3,4)5/h7-13,17H,14-15H2,1-6H3,(H,27,31)/t17-/m1/s1. The fraction of sp³-hybridized carbons (Fsp3) is 0.417. The minimum Gasteiger partial charge on any atom is -0.350 e. The van der Waals surface area contributed by atoms with Gasteiger partial charge in [-0.1, -0.05) is 28.1 Å². The number of carbonyl (C=O) groups is 2. The molecule has 7 nitrogen and oxygen atoms in total. The van der Waals surface area contributed by atoms with Crippen LogP contribution in [0.1, 0.15) is 38.8 Å². The predicted molar refractivity (Wildman–Crippen MR) is 135 cm³/mol. The highest BCUT2D eigenvalue weighted by atomic mass is 79.9. The highest BCUT2D eigenvalue weighted by Crippen LogP contribution is 2.25. The van der Waals surface area contributed by atoms with Crippen LogP contribution in [0.4, 0.5) is 10.1 Å². The fourth-order valence-corrected chi connectivity index (χ4v) is 4.33. The van der Waals surface area contributed by atoms with Crippen LogP contribution >= 0.6 is 15.9 Å². The maximum absolute atomic E-state index is 13.5. The zero-order valence-corrected chi connectivity index (χ0v) is 22.6. The Bertz CT molecular complexity index is 1150. The molecule has 2 aromatic rings. The van der Waals surface area contributed by atoms with E-state index in [4.69, 9.17) is 0 Å². The number of anilines is 1. The molecule has 0 aromatic heterocycles. The van der Waals surface area contributed by atoms with Crippen LogP contribution in [-0.4, -0.2) is 49.5 Å². The molecule has 0 spiro atoms. The van der Waals surface area contributed by atoms with Gasteiger partial charge >= 0.3 is 0 Å². The summed E-state index contributed by atoms with van der Waals surface area (Å²) in [5.74, 6) is -1.37. The van der Waals surface area contributed by atoms with E-state index in [1.165, 1.54) is 29.2 Å². The van der Waals surface area contributed by atoms with Crippen LogP contribution in [0.2, 0.25) is 0 Å². The topological polar surface area (TPSA) is 86.8 Å². The average Bonchev–Trinajstić information content (AvgIpc) is 2.71. The van der Waals surface area contributed by atoms with Crippen LogP contribution in [0.25, 0.3) is 0 Å². The minimum atomic E-state index is -3.81. The van der Waals surface area contributed by atoms with Crippen LogP contribution in [0.5, 0.6) is 0 Å². The first-order valence-electron chi connectivity index (χ1n) is 10.7. The lowest BCUT2D eigenvalue weighted by atomic mass is 10.1. The number of halogens is 2. The van der Waals surface area contributed by atoms with Crippen LogP contribution in [0, 0.1) is 12.7 Å². The summed E-state index contributed by atoms with van der Waals surface area (Å²) >= 11 is 3.39. The van der Waals surface area contributed by atoms with E-state index in [9.17, 15) is 22.4 Å². The van der Waals surface area contributed by atoms with Crippen molar-refractivity contribution in [2.45, 2.75) is 52.7 Å². The van der Waals surface area contributed by atoms with Gasteiger partial charge in [0.2, 0.25) is 21.8 Å². The van der Waals surface area contributed by atoms with Crippen molar-refractivity contribution in [2.24, 2.45) is 0 Å². The quantitative estimate of drug-likeness (QED) is 0.533. The summed E-state index contributed by atoms with van der Waals surface area (Å²) in [6.45, 7) is 8.39. The van der Waals surface area contributed by atoms with Crippen molar-refractivity contribution in [3.05, 3.63) is 63.9 Å². The number of amides is 2. The maximum atomic E-state index is 13.5. The van der Waals surface area contributed by atoms with Gasteiger partial charge < -0.3 is 10.2 Å². The third-order valence-corrected chi connectivity index (χ3v) is 7.07. The van der Waals surface area contributed by atoms with E-state index < -0.39 is 39.9 Å². The Kier molecular flexibility index (Phi) is 8.87. The smallest absolute Gasteiger partial charge is 0.244 e. The molecule has 2 amide bonds. The third kappa shape index (κ3) is 7.80. The normalized spacial score (nSPS) is 12.7.